The minimum atomic E-state index is -0.329. The van der Waals surface area contributed by atoms with Gasteiger partial charge in [0.1, 0.15) is 11.7 Å². The van der Waals surface area contributed by atoms with Crippen LogP contribution in [0.3, 0.4) is 0 Å². The van der Waals surface area contributed by atoms with Gasteiger partial charge in [0.25, 0.3) is 0 Å². The Kier molecular flexibility index (Phi) is 3.69. The average molecular weight is 402 g/mol. The molecule has 0 aromatic carbocycles. The van der Waals surface area contributed by atoms with Crippen molar-refractivity contribution in [3.8, 4) is 0 Å². The molecule has 6 aliphatic rings. The van der Waals surface area contributed by atoms with E-state index in [9.17, 15) is 4.79 Å². The van der Waals surface area contributed by atoms with E-state index in [2.05, 4.69) is 39.5 Å². The first-order chi connectivity index (χ1) is 13.6. The molecule has 1 unspecified atom stereocenters. The Morgan fingerprint density at radius 3 is 2.66 bits per heavy atom. The third-order valence-electron chi connectivity index (χ3n) is 10.0. The van der Waals surface area contributed by atoms with Crippen molar-refractivity contribution in [1.29, 1.82) is 0 Å². The average Bonchev–Trinajstić information content (AvgIpc) is 3.14. The van der Waals surface area contributed by atoms with E-state index in [0.29, 0.717) is 34.6 Å². The largest absolute Gasteiger partial charge is 0.455 e. The monoisotopic (exact) mass is 401 g/mol. The summed E-state index contributed by atoms with van der Waals surface area (Å²) in [4.78, 5) is 16.0. The maximum Gasteiger partial charge on any atom is 0.311 e. The number of epoxide rings is 1. The van der Waals surface area contributed by atoms with Crippen LogP contribution in [0.15, 0.2) is 0 Å². The topological polar surface area (TPSA) is 42.1 Å². The van der Waals surface area contributed by atoms with Crippen LogP contribution >= 0.6 is 0 Å². The molecule has 0 radical (unpaired) electrons. The fourth-order valence-electron chi connectivity index (χ4n) is 9.30. The van der Waals surface area contributed by atoms with E-state index in [-0.39, 0.29) is 29.2 Å². The molecule has 9 atom stereocenters. The molecule has 1 spiro atoms. The molecule has 0 aromatic rings. The van der Waals surface area contributed by atoms with Crippen molar-refractivity contribution >= 4 is 5.97 Å². The number of hydrogen-bond donors (Lipinski definition) is 0. The Labute approximate surface area is 176 Å². The van der Waals surface area contributed by atoms with Gasteiger partial charge in [0.15, 0.2) is 0 Å². The number of esters is 1. The third-order valence-corrected chi connectivity index (χ3v) is 10.0. The van der Waals surface area contributed by atoms with E-state index in [1.807, 2.05) is 0 Å². The van der Waals surface area contributed by atoms with Crippen molar-refractivity contribution in [3.63, 3.8) is 0 Å². The van der Waals surface area contributed by atoms with Gasteiger partial charge < -0.3 is 9.47 Å². The standard InChI is InChI=1S/C25H39NO3/c1-15-6-7-19-17(12-26-14-23(4)11-16(26)10-22(2,3)13-23)20(27)28-25(19)18(15)8-9-24(5)21(25)29-24/h15-19,21H,6-14H2,1-5H3/t15-,16-,17?,18+,19+,21-,23-,24-,25-/m1/s1. The van der Waals surface area contributed by atoms with Crippen molar-refractivity contribution in [2.75, 3.05) is 13.1 Å². The van der Waals surface area contributed by atoms with Gasteiger partial charge in [-0.3, -0.25) is 9.69 Å². The zero-order chi connectivity index (χ0) is 20.4. The first-order valence-corrected chi connectivity index (χ1v) is 12.2. The fraction of sp³-hybridized carbons (Fsp3) is 0.960. The zero-order valence-corrected chi connectivity index (χ0v) is 19.0. The first-order valence-electron chi connectivity index (χ1n) is 12.2. The van der Waals surface area contributed by atoms with Crippen molar-refractivity contribution in [3.05, 3.63) is 0 Å². The number of hydrogen-bond acceptors (Lipinski definition) is 4. The number of fused-ring (bicyclic) bond motifs is 3. The Balaban J connectivity index is 1.29. The van der Waals surface area contributed by atoms with Crippen LogP contribution in [-0.4, -0.2) is 47.3 Å². The summed E-state index contributed by atoms with van der Waals surface area (Å²) in [5.41, 5.74) is 0.467. The van der Waals surface area contributed by atoms with E-state index < -0.39 is 0 Å². The normalized spacial score (nSPS) is 57.6. The molecule has 0 amide bonds. The van der Waals surface area contributed by atoms with Gasteiger partial charge >= 0.3 is 5.97 Å². The molecule has 162 valence electrons. The van der Waals surface area contributed by atoms with Crippen LogP contribution in [0, 0.1) is 34.5 Å². The van der Waals surface area contributed by atoms with Gasteiger partial charge in [-0.25, -0.2) is 0 Å². The van der Waals surface area contributed by atoms with Gasteiger partial charge in [-0.15, -0.1) is 0 Å². The molecule has 6 fully saturated rings. The Morgan fingerprint density at radius 2 is 1.86 bits per heavy atom. The molecule has 3 saturated heterocycles. The highest BCUT2D eigenvalue weighted by Crippen LogP contribution is 2.66. The van der Waals surface area contributed by atoms with Gasteiger partial charge in [-0.1, -0.05) is 27.7 Å². The Bertz CT molecular complexity index is 750. The minimum absolute atomic E-state index is 0.0390. The molecular weight excluding hydrogens is 362 g/mol. The minimum Gasteiger partial charge on any atom is -0.455 e. The van der Waals surface area contributed by atoms with E-state index in [1.165, 1.54) is 25.7 Å². The summed E-state index contributed by atoms with van der Waals surface area (Å²) in [5, 5.41) is 0. The van der Waals surface area contributed by atoms with Crippen LogP contribution in [0.4, 0.5) is 0 Å². The number of carbonyl (C=O) groups excluding carboxylic acids is 1. The van der Waals surface area contributed by atoms with Crippen molar-refractivity contribution in [2.24, 2.45) is 34.5 Å². The van der Waals surface area contributed by atoms with E-state index in [1.54, 1.807) is 0 Å². The van der Waals surface area contributed by atoms with Gasteiger partial charge in [-0.2, -0.15) is 0 Å². The lowest BCUT2D eigenvalue weighted by atomic mass is 9.55. The summed E-state index contributed by atoms with van der Waals surface area (Å²) in [6.45, 7) is 14.0. The third kappa shape index (κ3) is 2.54. The van der Waals surface area contributed by atoms with E-state index >= 15 is 0 Å². The predicted octanol–water partition coefficient (Wildman–Crippen LogP) is 4.41. The Morgan fingerprint density at radius 1 is 1.07 bits per heavy atom. The lowest BCUT2D eigenvalue weighted by Crippen LogP contribution is -2.58. The van der Waals surface area contributed by atoms with E-state index in [0.717, 1.165) is 32.4 Å². The quantitative estimate of drug-likeness (QED) is 0.508. The second-order valence-electron chi connectivity index (χ2n) is 13.1. The maximum atomic E-state index is 13.3. The van der Waals surface area contributed by atoms with Crippen LogP contribution in [0.2, 0.25) is 0 Å². The summed E-state index contributed by atoms with van der Waals surface area (Å²) < 4.78 is 12.7. The lowest BCUT2D eigenvalue weighted by Gasteiger charge is -2.50. The molecule has 0 aromatic heterocycles. The summed E-state index contributed by atoms with van der Waals surface area (Å²) >= 11 is 0. The second kappa shape index (κ2) is 5.59. The number of rotatable bonds is 2. The van der Waals surface area contributed by atoms with Gasteiger partial charge in [0, 0.05) is 31.0 Å². The van der Waals surface area contributed by atoms with Crippen LogP contribution in [0.1, 0.15) is 79.6 Å². The molecule has 4 heteroatoms. The molecule has 0 N–H and O–H groups in total. The van der Waals surface area contributed by atoms with Crippen molar-refractivity contribution in [1.82, 2.24) is 4.90 Å². The summed E-state index contributed by atoms with van der Waals surface area (Å²) in [6.07, 6.45) is 8.68. The molecular formula is C25H39NO3. The van der Waals surface area contributed by atoms with E-state index in [4.69, 9.17) is 9.47 Å². The summed E-state index contributed by atoms with van der Waals surface area (Å²) in [5.74, 6) is 1.61. The van der Waals surface area contributed by atoms with Gasteiger partial charge in [-0.05, 0) is 68.6 Å². The smallest absolute Gasteiger partial charge is 0.311 e. The highest BCUT2D eigenvalue weighted by molar-refractivity contribution is 5.77. The Hall–Kier alpha value is -0.610. The van der Waals surface area contributed by atoms with Crippen LogP contribution in [-0.2, 0) is 14.3 Å². The SMILES string of the molecule is C[C@@H]1CC[C@H]2C(CN3C[C@]4(C)C[C@H]3CC(C)(C)C4)C(=O)O[C@]23[C@H]1CC[C@@]1(C)O[C@@H]31. The molecule has 3 saturated carbocycles. The second-order valence-corrected chi connectivity index (χ2v) is 13.1. The molecule has 3 aliphatic heterocycles. The molecule has 3 aliphatic carbocycles. The number of nitrogens with zero attached hydrogens (tertiary/aromatic N) is 1. The van der Waals surface area contributed by atoms with Crippen LogP contribution < -0.4 is 0 Å². The maximum absolute atomic E-state index is 13.3. The number of likely N-dealkylation sites (tertiary alicyclic amines) is 1. The van der Waals surface area contributed by atoms with Crippen LogP contribution in [0.25, 0.3) is 0 Å². The van der Waals surface area contributed by atoms with Gasteiger partial charge in [0.05, 0.1) is 11.5 Å². The number of ether oxygens (including phenoxy) is 2. The van der Waals surface area contributed by atoms with Crippen molar-refractivity contribution in [2.45, 2.75) is 103 Å². The first kappa shape index (κ1) is 19.1. The lowest BCUT2D eigenvalue weighted by molar-refractivity contribution is -0.168. The van der Waals surface area contributed by atoms with Gasteiger partial charge in [0.2, 0.25) is 0 Å². The zero-order valence-electron chi connectivity index (χ0n) is 19.0. The predicted molar refractivity (Wildman–Crippen MR) is 111 cm³/mol. The highest BCUT2D eigenvalue weighted by Gasteiger charge is 2.77. The molecule has 4 nitrogen and oxygen atoms in total. The molecule has 2 bridgehead atoms. The summed E-state index contributed by atoms with van der Waals surface area (Å²) in [7, 11) is 0. The highest BCUT2D eigenvalue weighted by atomic mass is 16.7. The molecule has 29 heavy (non-hydrogen) atoms. The molecule has 3 heterocycles. The number of carbonyl (C=O) groups is 1. The fourth-order valence-corrected chi connectivity index (χ4v) is 9.30. The van der Waals surface area contributed by atoms with Crippen molar-refractivity contribution < 1.29 is 14.3 Å². The summed E-state index contributed by atoms with van der Waals surface area (Å²) in [6, 6.07) is 0.639. The molecule has 6 rings (SSSR count). The van der Waals surface area contributed by atoms with Crippen LogP contribution in [0.5, 0.6) is 0 Å².